The van der Waals surface area contributed by atoms with Crippen LogP contribution in [0.1, 0.15) is 40.7 Å². The first kappa shape index (κ1) is 14.2. The zero-order chi connectivity index (χ0) is 14.8. The summed E-state index contributed by atoms with van der Waals surface area (Å²) in [7, 11) is 1.65. The van der Waals surface area contributed by atoms with Crippen molar-refractivity contribution in [3.05, 3.63) is 59.2 Å². The number of carbonyl (C=O) groups is 1. The number of rotatable bonds is 2. The largest absolute Gasteiger partial charge is 0.497 e. The lowest BCUT2D eigenvalue weighted by molar-refractivity contribution is 0.0953. The second-order valence-electron chi connectivity index (χ2n) is 5.17. The fourth-order valence-corrected chi connectivity index (χ4v) is 3.95. The maximum atomic E-state index is 12.9. The monoisotopic (exact) mass is 298 g/mol. The Balaban J connectivity index is 2.12. The lowest BCUT2D eigenvalue weighted by Gasteiger charge is -2.23. The summed E-state index contributed by atoms with van der Waals surface area (Å²) in [5.41, 5.74) is 3.26. The minimum absolute atomic E-state index is 0.0470. The standard InChI is InChI=1S/C18H18O2S/c1-3-14-15-7-5-4-6-12(15)11-21-17-10-13(20-2)8-9-16(17)18(14)19/h4-10,14H,3,11H2,1-2H3/t14-/m0/s1. The van der Waals surface area contributed by atoms with Crippen LogP contribution in [0.4, 0.5) is 0 Å². The minimum atomic E-state index is -0.0470. The average molecular weight is 298 g/mol. The van der Waals surface area contributed by atoms with Crippen molar-refractivity contribution in [3.63, 3.8) is 0 Å². The van der Waals surface area contributed by atoms with Crippen LogP contribution in [0, 0.1) is 0 Å². The molecule has 0 aliphatic carbocycles. The SMILES string of the molecule is CC[C@@H]1C(=O)c2ccc(OC)cc2SCc2ccccc21. The Morgan fingerprint density at radius 2 is 2.05 bits per heavy atom. The average Bonchev–Trinajstić information content (AvgIpc) is 2.53. The van der Waals surface area contributed by atoms with Gasteiger partial charge in [-0.15, -0.1) is 11.8 Å². The van der Waals surface area contributed by atoms with Crippen molar-refractivity contribution in [1.82, 2.24) is 0 Å². The number of thioether (sulfide) groups is 1. The van der Waals surface area contributed by atoms with Gasteiger partial charge in [0.05, 0.1) is 7.11 Å². The van der Waals surface area contributed by atoms with E-state index in [9.17, 15) is 4.79 Å². The van der Waals surface area contributed by atoms with Gasteiger partial charge in [-0.3, -0.25) is 4.79 Å². The molecule has 2 nitrogen and oxygen atoms in total. The van der Waals surface area contributed by atoms with Crippen LogP contribution in [0.3, 0.4) is 0 Å². The second kappa shape index (κ2) is 5.94. The quantitative estimate of drug-likeness (QED) is 0.805. The van der Waals surface area contributed by atoms with Crippen molar-refractivity contribution >= 4 is 17.5 Å². The molecular weight excluding hydrogens is 280 g/mol. The lowest BCUT2D eigenvalue weighted by atomic mass is 9.86. The molecule has 0 bridgehead atoms. The highest BCUT2D eigenvalue weighted by atomic mass is 32.2. The molecule has 3 heteroatoms. The fourth-order valence-electron chi connectivity index (χ4n) is 2.85. The molecule has 21 heavy (non-hydrogen) atoms. The molecule has 1 aliphatic heterocycles. The number of Topliss-reactive ketones (excluding diaryl/α,β-unsaturated/α-hetero) is 1. The van der Waals surface area contributed by atoms with Crippen molar-refractivity contribution in [3.8, 4) is 5.75 Å². The van der Waals surface area contributed by atoms with Gasteiger partial charge in [0.25, 0.3) is 0 Å². The van der Waals surface area contributed by atoms with Gasteiger partial charge >= 0.3 is 0 Å². The Kier molecular flexibility index (Phi) is 4.02. The molecule has 0 N–H and O–H groups in total. The minimum Gasteiger partial charge on any atom is -0.497 e. The van der Waals surface area contributed by atoms with Crippen molar-refractivity contribution in [1.29, 1.82) is 0 Å². The van der Waals surface area contributed by atoms with Crippen molar-refractivity contribution in [2.45, 2.75) is 29.9 Å². The molecule has 0 radical (unpaired) electrons. The van der Waals surface area contributed by atoms with Crippen LogP contribution < -0.4 is 4.74 Å². The van der Waals surface area contributed by atoms with E-state index in [1.54, 1.807) is 18.9 Å². The van der Waals surface area contributed by atoms with E-state index in [1.165, 1.54) is 11.1 Å². The molecule has 2 aromatic carbocycles. The van der Waals surface area contributed by atoms with Gasteiger partial charge in [0.15, 0.2) is 5.78 Å². The van der Waals surface area contributed by atoms with Crippen LogP contribution in [-0.2, 0) is 5.75 Å². The highest BCUT2D eigenvalue weighted by Gasteiger charge is 2.27. The molecule has 0 saturated carbocycles. The number of hydrogen-bond acceptors (Lipinski definition) is 3. The van der Waals surface area contributed by atoms with Crippen LogP contribution in [0.15, 0.2) is 47.4 Å². The zero-order valence-electron chi connectivity index (χ0n) is 12.3. The Hall–Kier alpha value is -1.74. The zero-order valence-corrected chi connectivity index (χ0v) is 13.1. The van der Waals surface area contributed by atoms with Crippen molar-refractivity contribution in [2.24, 2.45) is 0 Å². The van der Waals surface area contributed by atoms with Crippen LogP contribution in [0.5, 0.6) is 5.75 Å². The summed E-state index contributed by atoms with van der Waals surface area (Å²) in [6, 6.07) is 14.0. The summed E-state index contributed by atoms with van der Waals surface area (Å²) in [6.07, 6.45) is 0.825. The van der Waals surface area contributed by atoms with E-state index >= 15 is 0 Å². The molecule has 108 valence electrons. The summed E-state index contributed by atoms with van der Waals surface area (Å²) < 4.78 is 5.29. The highest BCUT2D eigenvalue weighted by molar-refractivity contribution is 7.98. The third kappa shape index (κ3) is 2.58. The molecule has 0 saturated heterocycles. The predicted octanol–water partition coefficient (Wildman–Crippen LogP) is 4.68. The number of fused-ring (bicyclic) bond motifs is 2. The van der Waals surface area contributed by atoms with Crippen molar-refractivity contribution in [2.75, 3.05) is 7.11 Å². The van der Waals surface area contributed by atoms with Crippen molar-refractivity contribution < 1.29 is 9.53 Å². The normalized spacial score (nSPS) is 17.4. The Bertz CT molecular complexity index is 679. The summed E-state index contributed by atoms with van der Waals surface area (Å²) in [6.45, 7) is 2.08. The van der Waals surface area contributed by atoms with E-state index in [0.717, 1.165) is 28.4 Å². The van der Waals surface area contributed by atoms with E-state index in [0.29, 0.717) is 0 Å². The molecule has 0 spiro atoms. The van der Waals surface area contributed by atoms with E-state index in [4.69, 9.17) is 4.74 Å². The third-order valence-corrected chi connectivity index (χ3v) is 5.10. The Morgan fingerprint density at radius 3 is 2.81 bits per heavy atom. The van der Waals surface area contributed by atoms with Crippen LogP contribution >= 0.6 is 11.8 Å². The molecule has 0 fully saturated rings. The van der Waals surface area contributed by atoms with Crippen LogP contribution in [0.25, 0.3) is 0 Å². The maximum absolute atomic E-state index is 12.9. The van der Waals surface area contributed by atoms with Gasteiger partial charge in [-0.2, -0.15) is 0 Å². The Morgan fingerprint density at radius 1 is 1.24 bits per heavy atom. The lowest BCUT2D eigenvalue weighted by Crippen LogP contribution is -2.16. The van der Waals surface area contributed by atoms with E-state index in [1.807, 2.05) is 30.3 Å². The van der Waals surface area contributed by atoms with E-state index in [2.05, 4.69) is 19.1 Å². The molecular formula is C18H18O2S. The first-order valence-electron chi connectivity index (χ1n) is 7.17. The summed E-state index contributed by atoms with van der Waals surface area (Å²) in [5.74, 6) is 1.86. The third-order valence-electron chi connectivity index (χ3n) is 3.99. The topological polar surface area (TPSA) is 26.3 Å². The number of ketones is 1. The fraction of sp³-hybridized carbons (Fsp3) is 0.278. The van der Waals surface area contributed by atoms with Gasteiger partial charge in [-0.1, -0.05) is 31.2 Å². The first-order valence-corrected chi connectivity index (χ1v) is 8.16. The molecule has 1 heterocycles. The predicted molar refractivity (Wildman–Crippen MR) is 86.4 cm³/mol. The summed E-state index contributed by atoms with van der Waals surface area (Å²) in [4.78, 5) is 13.9. The van der Waals surface area contributed by atoms with Crippen LogP contribution in [0.2, 0.25) is 0 Å². The van der Waals surface area contributed by atoms with Gasteiger partial charge in [0.1, 0.15) is 5.75 Å². The number of hydrogen-bond donors (Lipinski definition) is 0. The molecule has 0 aromatic heterocycles. The van der Waals surface area contributed by atoms with Gasteiger partial charge < -0.3 is 4.74 Å². The first-order chi connectivity index (χ1) is 10.2. The van der Waals surface area contributed by atoms with Gasteiger partial charge in [-0.25, -0.2) is 0 Å². The van der Waals surface area contributed by atoms with Crippen LogP contribution in [-0.4, -0.2) is 12.9 Å². The van der Waals surface area contributed by atoms with E-state index in [-0.39, 0.29) is 11.7 Å². The molecule has 1 atom stereocenters. The van der Waals surface area contributed by atoms with Gasteiger partial charge in [0.2, 0.25) is 0 Å². The van der Waals surface area contributed by atoms with E-state index < -0.39 is 0 Å². The summed E-state index contributed by atoms with van der Waals surface area (Å²) >= 11 is 1.71. The molecule has 3 rings (SSSR count). The summed E-state index contributed by atoms with van der Waals surface area (Å²) in [5, 5.41) is 0. The van der Waals surface area contributed by atoms with Gasteiger partial charge in [-0.05, 0) is 35.7 Å². The number of carbonyl (C=O) groups excluding carboxylic acids is 1. The maximum Gasteiger partial charge on any atom is 0.171 e. The van der Waals surface area contributed by atoms with Gasteiger partial charge in [0, 0.05) is 22.1 Å². The Labute approximate surface area is 129 Å². The molecule has 0 amide bonds. The molecule has 2 aromatic rings. The number of methoxy groups -OCH3 is 1. The molecule has 1 aliphatic rings. The number of ether oxygens (including phenoxy) is 1. The number of benzene rings is 2. The second-order valence-corrected chi connectivity index (χ2v) is 6.19. The highest BCUT2D eigenvalue weighted by Crippen LogP contribution is 2.38. The molecule has 0 unspecified atom stereocenters. The smallest absolute Gasteiger partial charge is 0.171 e.